The average Bonchev–Trinajstić information content (AvgIpc) is 3.13. The van der Waals surface area contributed by atoms with Gasteiger partial charge in [-0.25, -0.2) is 0 Å². The van der Waals surface area contributed by atoms with Crippen LogP contribution < -0.4 is 5.32 Å². The van der Waals surface area contributed by atoms with Gasteiger partial charge in [0.15, 0.2) is 5.76 Å². The second kappa shape index (κ2) is 6.13. The third kappa shape index (κ3) is 3.52. The first-order chi connectivity index (χ1) is 10.2. The first-order valence-electron chi connectivity index (χ1n) is 7.26. The van der Waals surface area contributed by atoms with Gasteiger partial charge in [0.1, 0.15) is 5.76 Å². The molecule has 1 aliphatic heterocycles. The van der Waals surface area contributed by atoms with E-state index in [1.165, 1.54) is 0 Å². The van der Waals surface area contributed by atoms with Gasteiger partial charge in [0.25, 0.3) is 5.91 Å². The van der Waals surface area contributed by atoms with Crippen molar-refractivity contribution >= 4 is 5.91 Å². The number of hydrogen-bond donors (Lipinski definition) is 1. The predicted octanol–water partition coefficient (Wildman–Crippen LogP) is 1.35. The van der Waals surface area contributed by atoms with Crippen molar-refractivity contribution < 1.29 is 9.21 Å². The largest absolute Gasteiger partial charge is 0.454 e. The summed E-state index contributed by atoms with van der Waals surface area (Å²) in [4.78, 5) is 14.4. The van der Waals surface area contributed by atoms with E-state index in [2.05, 4.69) is 22.4 Å². The second-order valence-electron chi connectivity index (χ2n) is 5.52. The molecule has 6 nitrogen and oxygen atoms in total. The van der Waals surface area contributed by atoms with Crippen molar-refractivity contribution in [3.05, 3.63) is 42.1 Å². The molecule has 0 radical (unpaired) electrons. The topological polar surface area (TPSA) is 63.3 Å². The number of hydrogen-bond acceptors (Lipinski definition) is 4. The van der Waals surface area contributed by atoms with Gasteiger partial charge in [0.2, 0.25) is 0 Å². The van der Waals surface area contributed by atoms with Gasteiger partial charge in [-0.05, 0) is 51.2 Å². The number of rotatable bonds is 4. The fourth-order valence-corrected chi connectivity index (χ4v) is 2.55. The molecule has 1 N–H and O–H groups in total. The van der Waals surface area contributed by atoms with Crippen molar-refractivity contribution in [2.24, 2.45) is 0 Å². The molecule has 2 aromatic heterocycles. The van der Waals surface area contributed by atoms with E-state index in [-0.39, 0.29) is 11.9 Å². The first-order valence-corrected chi connectivity index (χ1v) is 7.26. The van der Waals surface area contributed by atoms with E-state index in [1.807, 2.05) is 18.3 Å². The zero-order valence-electron chi connectivity index (χ0n) is 12.2. The van der Waals surface area contributed by atoms with Crippen LogP contribution in [-0.4, -0.2) is 46.8 Å². The lowest BCUT2D eigenvalue weighted by atomic mass is 10.1. The van der Waals surface area contributed by atoms with Gasteiger partial charge >= 0.3 is 0 Å². The van der Waals surface area contributed by atoms with Crippen LogP contribution in [0.5, 0.6) is 0 Å². The van der Waals surface area contributed by atoms with Gasteiger partial charge < -0.3 is 14.6 Å². The maximum atomic E-state index is 12.2. The molecule has 3 heterocycles. The Kier molecular flexibility index (Phi) is 4.06. The maximum absolute atomic E-state index is 12.2. The Balaban J connectivity index is 1.56. The highest BCUT2D eigenvalue weighted by atomic mass is 16.4. The third-order valence-corrected chi connectivity index (χ3v) is 3.82. The number of nitrogens with zero attached hydrogens (tertiary/aromatic N) is 3. The van der Waals surface area contributed by atoms with Crippen LogP contribution in [-0.2, 0) is 6.54 Å². The second-order valence-corrected chi connectivity index (χ2v) is 5.52. The molecule has 1 fully saturated rings. The predicted molar refractivity (Wildman–Crippen MR) is 78.0 cm³/mol. The van der Waals surface area contributed by atoms with Crippen LogP contribution in [0, 0.1) is 0 Å². The SMILES string of the molecule is CN1CCC(NC(=O)c2ccc(Cn3cccn3)o2)CC1. The molecule has 0 unspecified atom stereocenters. The van der Waals surface area contributed by atoms with E-state index in [0.717, 1.165) is 31.7 Å². The Bertz CT molecular complexity index is 583. The molecule has 0 spiro atoms. The van der Waals surface area contributed by atoms with Crippen LogP contribution >= 0.6 is 0 Å². The van der Waals surface area contributed by atoms with Gasteiger partial charge in [0, 0.05) is 18.4 Å². The van der Waals surface area contributed by atoms with Crippen LogP contribution in [0.4, 0.5) is 0 Å². The number of carbonyl (C=O) groups excluding carboxylic acids is 1. The van der Waals surface area contributed by atoms with Crippen LogP contribution in [0.3, 0.4) is 0 Å². The van der Waals surface area contributed by atoms with Gasteiger partial charge in [-0.1, -0.05) is 0 Å². The van der Waals surface area contributed by atoms with Crippen LogP contribution in [0.25, 0.3) is 0 Å². The lowest BCUT2D eigenvalue weighted by Gasteiger charge is -2.29. The summed E-state index contributed by atoms with van der Waals surface area (Å²) in [5, 5.41) is 7.16. The molecule has 3 rings (SSSR count). The van der Waals surface area contributed by atoms with Crippen LogP contribution in [0.15, 0.2) is 35.0 Å². The molecule has 6 heteroatoms. The molecule has 21 heavy (non-hydrogen) atoms. The van der Waals surface area contributed by atoms with E-state index in [1.54, 1.807) is 16.9 Å². The molecule has 0 saturated carbocycles. The van der Waals surface area contributed by atoms with E-state index in [4.69, 9.17) is 4.42 Å². The highest BCUT2D eigenvalue weighted by molar-refractivity contribution is 5.91. The van der Waals surface area contributed by atoms with Crippen molar-refractivity contribution in [2.75, 3.05) is 20.1 Å². The average molecular weight is 288 g/mol. The number of amides is 1. The summed E-state index contributed by atoms with van der Waals surface area (Å²) in [5.74, 6) is 0.972. The molecule has 1 amide bonds. The molecule has 0 aliphatic carbocycles. The Hall–Kier alpha value is -2.08. The van der Waals surface area contributed by atoms with E-state index >= 15 is 0 Å². The lowest BCUT2D eigenvalue weighted by molar-refractivity contribution is 0.0886. The molecular formula is C15H20N4O2. The summed E-state index contributed by atoms with van der Waals surface area (Å²) in [7, 11) is 2.10. The Morgan fingerprint density at radius 3 is 2.95 bits per heavy atom. The molecular weight excluding hydrogens is 268 g/mol. The molecule has 0 bridgehead atoms. The Morgan fingerprint density at radius 1 is 1.43 bits per heavy atom. The maximum Gasteiger partial charge on any atom is 0.287 e. The fraction of sp³-hybridized carbons (Fsp3) is 0.467. The molecule has 2 aromatic rings. The number of piperidine rings is 1. The van der Waals surface area contributed by atoms with E-state index in [9.17, 15) is 4.79 Å². The number of aromatic nitrogens is 2. The first kappa shape index (κ1) is 13.9. The van der Waals surface area contributed by atoms with Gasteiger partial charge in [-0.3, -0.25) is 9.48 Å². The monoisotopic (exact) mass is 288 g/mol. The normalized spacial score (nSPS) is 17.0. The highest BCUT2D eigenvalue weighted by Gasteiger charge is 2.20. The Labute approximate surface area is 123 Å². The van der Waals surface area contributed by atoms with Crippen molar-refractivity contribution in [3.63, 3.8) is 0 Å². The number of nitrogens with one attached hydrogen (secondary N) is 1. The van der Waals surface area contributed by atoms with Crippen LogP contribution in [0.2, 0.25) is 0 Å². The number of furan rings is 1. The van der Waals surface area contributed by atoms with Crippen LogP contribution in [0.1, 0.15) is 29.2 Å². The lowest BCUT2D eigenvalue weighted by Crippen LogP contribution is -2.43. The summed E-state index contributed by atoms with van der Waals surface area (Å²) in [6.45, 7) is 2.58. The highest BCUT2D eigenvalue weighted by Crippen LogP contribution is 2.12. The minimum Gasteiger partial charge on any atom is -0.454 e. The molecule has 0 aromatic carbocycles. The number of likely N-dealkylation sites (tertiary alicyclic amines) is 1. The smallest absolute Gasteiger partial charge is 0.287 e. The quantitative estimate of drug-likeness (QED) is 0.922. The van der Waals surface area contributed by atoms with Gasteiger partial charge in [-0.15, -0.1) is 0 Å². The summed E-state index contributed by atoms with van der Waals surface area (Å²) < 4.78 is 7.36. The minimum atomic E-state index is -0.128. The Morgan fingerprint density at radius 2 is 2.24 bits per heavy atom. The van der Waals surface area contributed by atoms with Crippen molar-refractivity contribution in [1.29, 1.82) is 0 Å². The summed E-state index contributed by atoms with van der Waals surface area (Å²) >= 11 is 0. The van der Waals surface area contributed by atoms with Gasteiger partial charge in [-0.2, -0.15) is 5.10 Å². The van der Waals surface area contributed by atoms with E-state index < -0.39 is 0 Å². The third-order valence-electron chi connectivity index (χ3n) is 3.82. The fourth-order valence-electron chi connectivity index (χ4n) is 2.55. The molecule has 0 atom stereocenters. The zero-order chi connectivity index (χ0) is 14.7. The molecule has 112 valence electrons. The zero-order valence-corrected chi connectivity index (χ0v) is 12.2. The molecule has 1 saturated heterocycles. The van der Waals surface area contributed by atoms with E-state index in [0.29, 0.717) is 12.3 Å². The molecule has 1 aliphatic rings. The number of carbonyl (C=O) groups is 1. The minimum absolute atomic E-state index is 0.128. The van der Waals surface area contributed by atoms with Crippen molar-refractivity contribution in [1.82, 2.24) is 20.0 Å². The summed E-state index contributed by atoms with van der Waals surface area (Å²) in [5.41, 5.74) is 0. The standard InChI is InChI=1S/C15H20N4O2/c1-18-9-5-12(6-10-18)17-15(20)14-4-3-13(21-14)11-19-8-2-7-16-19/h2-4,7-8,12H,5-6,9-11H2,1H3,(H,17,20). The van der Waals surface area contributed by atoms with Crippen molar-refractivity contribution in [3.8, 4) is 0 Å². The summed E-state index contributed by atoms with van der Waals surface area (Å²) in [6, 6.07) is 5.65. The van der Waals surface area contributed by atoms with Crippen molar-refractivity contribution in [2.45, 2.75) is 25.4 Å². The summed E-state index contributed by atoms with van der Waals surface area (Å²) in [6.07, 6.45) is 5.56. The van der Waals surface area contributed by atoms with Gasteiger partial charge in [0.05, 0.1) is 6.54 Å².